The zero-order valence-electron chi connectivity index (χ0n) is 8.84. The van der Waals surface area contributed by atoms with Crippen LogP contribution >= 0.6 is 27.5 Å². The van der Waals surface area contributed by atoms with Gasteiger partial charge in [-0.1, -0.05) is 24.9 Å². The van der Waals surface area contributed by atoms with Crippen molar-refractivity contribution in [3.63, 3.8) is 0 Å². The van der Waals surface area contributed by atoms with Gasteiger partial charge < -0.3 is 11.1 Å². The van der Waals surface area contributed by atoms with Gasteiger partial charge in [-0.2, -0.15) is 0 Å². The molecule has 0 aliphatic heterocycles. The molecule has 1 atom stereocenters. The number of carbonyl (C=O) groups is 1. The van der Waals surface area contributed by atoms with E-state index in [0.29, 0.717) is 12.1 Å². The molecule has 0 unspecified atom stereocenters. The lowest BCUT2D eigenvalue weighted by Crippen LogP contribution is -2.35. The summed E-state index contributed by atoms with van der Waals surface area (Å²) in [4.78, 5) is 15.5. The van der Waals surface area contributed by atoms with Crippen LogP contribution in [0.4, 0.5) is 5.69 Å². The number of carbonyl (C=O) groups excluding carboxylic acids is 1. The number of hydrogen-bond donors (Lipinski definition) is 2. The first kappa shape index (κ1) is 13.4. The van der Waals surface area contributed by atoms with Crippen molar-refractivity contribution < 1.29 is 4.79 Å². The fourth-order valence-corrected chi connectivity index (χ4v) is 1.66. The van der Waals surface area contributed by atoms with Crippen molar-refractivity contribution >= 4 is 39.1 Å². The summed E-state index contributed by atoms with van der Waals surface area (Å²) >= 11 is 9.08. The van der Waals surface area contributed by atoms with Crippen LogP contribution in [0.3, 0.4) is 0 Å². The quantitative estimate of drug-likeness (QED) is 0.840. The normalized spacial score (nSPS) is 12.2. The Labute approximate surface area is 108 Å². The molecule has 0 aliphatic rings. The summed E-state index contributed by atoms with van der Waals surface area (Å²) in [6.07, 6.45) is 3.06. The van der Waals surface area contributed by atoms with Crippen molar-refractivity contribution in [2.24, 2.45) is 5.73 Å². The van der Waals surface area contributed by atoms with Gasteiger partial charge >= 0.3 is 0 Å². The van der Waals surface area contributed by atoms with E-state index in [1.807, 2.05) is 6.92 Å². The molecule has 0 bridgehead atoms. The van der Waals surface area contributed by atoms with E-state index in [2.05, 4.69) is 26.2 Å². The highest BCUT2D eigenvalue weighted by atomic mass is 79.9. The van der Waals surface area contributed by atoms with E-state index in [0.717, 1.165) is 10.9 Å². The summed E-state index contributed by atoms with van der Waals surface area (Å²) in [6.45, 7) is 1.97. The van der Waals surface area contributed by atoms with Gasteiger partial charge in [-0.05, 0) is 28.4 Å². The Balaban J connectivity index is 2.72. The molecule has 0 aromatic carbocycles. The zero-order valence-corrected chi connectivity index (χ0v) is 11.2. The predicted molar refractivity (Wildman–Crippen MR) is 68.5 cm³/mol. The highest BCUT2D eigenvalue weighted by Crippen LogP contribution is 2.23. The summed E-state index contributed by atoms with van der Waals surface area (Å²) in [6, 6.07) is 1.17. The molecule has 6 heteroatoms. The van der Waals surface area contributed by atoms with Crippen LogP contribution in [0.15, 0.2) is 16.7 Å². The second-order valence-corrected chi connectivity index (χ2v) is 4.65. The first-order valence-electron chi connectivity index (χ1n) is 4.92. The summed E-state index contributed by atoms with van der Waals surface area (Å²) in [5.74, 6) is -0.247. The number of aromatic nitrogens is 1. The minimum atomic E-state index is -0.514. The highest BCUT2D eigenvalue weighted by Gasteiger charge is 2.14. The van der Waals surface area contributed by atoms with Gasteiger partial charge in [-0.15, -0.1) is 0 Å². The topological polar surface area (TPSA) is 68.0 Å². The lowest BCUT2D eigenvalue weighted by molar-refractivity contribution is -0.117. The van der Waals surface area contributed by atoms with E-state index >= 15 is 0 Å². The number of nitrogens with one attached hydrogen (secondary N) is 1. The van der Waals surface area contributed by atoms with Gasteiger partial charge in [0.2, 0.25) is 5.91 Å². The highest BCUT2D eigenvalue weighted by molar-refractivity contribution is 9.10. The smallest absolute Gasteiger partial charge is 0.241 e. The van der Waals surface area contributed by atoms with Gasteiger partial charge in [0.05, 0.1) is 11.7 Å². The van der Waals surface area contributed by atoms with Crippen LogP contribution in [0.5, 0.6) is 0 Å². The molecular formula is C10H13BrClN3O. The Hall–Kier alpha value is -0.650. The molecule has 4 nitrogen and oxygen atoms in total. The molecule has 0 radical (unpaired) electrons. The Morgan fingerprint density at radius 3 is 3.06 bits per heavy atom. The number of pyridine rings is 1. The number of amides is 1. The number of anilines is 1. The molecule has 1 heterocycles. The Bertz CT molecular complexity index is 386. The number of nitrogens with zero attached hydrogens (tertiary/aromatic N) is 1. The molecule has 3 N–H and O–H groups in total. The Kier molecular flexibility index (Phi) is 5.18. The molecule has 0 fully saturated rings. The second-order valence-electron chi connectivity index (χ2n) is 3.38. The standard InChI is InChI=1S/C10H13BrClN3O/c1-2-3-7(13)10(16)15-8-4-6(11)5-14-9(8)12/h4-5,7H,2-3,13H2,1H3,(H,15,16)/t7-/m0/s1. The zero-order chi connectivity index (χ0) is 12.1. The molecule has 0 saturated heterocycles. The molecule has 0 aliphatic carbocycles. The number of hydrogen-bond acceptors (Lipinski definition) is 3. The van der Waals surface area contributed by atoms with Crippen molar-refractivity contribution in [3.8, 4) is 0 Å². The van der Waals surface area contributed by atoms with Crippen LogP contribution < -0.4 is 11.1 Å². The van der Waals surface area contributed by atoms with Gasteiger partial charge in [0, 0.05) is 10.7 Å². The van der Waals surface area contributed by atoms with Gasteiger partial charge in [0.15, 0.2) is 5.15 Å². The van der Waals surface area contributed by atoms with Crippen molar-refractivity contribution in [1.82, 2.24) is 4.98 Å². The van der Waals surface area contributed by atoms with Crippen molar-refractivity contribution in [2.45, 2.75) is 25.8 Å². The average Bonchev–Trinajstić information content (AvgIpc) is 2.23. The average molecular weight is 307 g/mol. The molecule has 0 spiro atoms. The first-order chi connectivity index (χ1) is 7.54. The van der Waals surface area contributed by atoms with Crippen molar-refractivity contribution in [2.75, 3.05) is 5.32 Å². The number of nitrogens with two attached hydrogens (primary N) is 1. The van der Waals surface area contributed by atoms with E-state index in [1.165, 1.54) is 0 Å². The number of halogens is 2. The van der Waals surface area contributed by atoms with E-state index < -0.39 is 6.04 Å². The summed E-state index contributed by atoms with van der Waals surface area (Å²) in [7, 11) is 0. The van der Waals surface area contributed by atoms with E-state index in [-0.39, 0.29) is 11.1 Å². The molecule has 1 aromatic heterocycles. The van der Waals surface area contributed by atoms with Crippen LogP contribution in [0.1, 0.15) is 19.8 Å². The van der Waals surface area contributed by atoms with E-state index in [4.69, 9.17) is 17.3 Å². The maximum Gasteiger partial charge on any atom is 0.241 e. The van der Waals surface area contributed by atoms with Gasteiger partial charge in [-0.3, -0.25) is 4.79 Å². The maximum absolute atomic E-state index is 11.6. The lowest BCUT2D eigenvalue weighted by atomic mass is 10.1. The fraction of sp³-hybridized carbons (Fsp3) is 0.400. The van der Waals surface area contributed by atoms with Crippen LogP contribution in [0.2, 0.25) is 5.15 Å². The minimum Gasteiger partial charge on any atom is -0.322 e. The third-order valence-corrected chi connectivity index (χ3v) is 2.73. The molecule has 1 aromatic rings. The molecule has 16 heavy (non-hydrogen) atoms. The lowest BCUT2D eigenvalue weighted by Gasteiger charge is -2.11. The number of rotatable bonds is 4. The molecule has 88 valence electrons. The Morgan fingerprint density at radius 1 is 1.75 bits per heavy atom. The molecule has 0 saturated carbocycles. The predicted octanol–water partition coefficient (Wildman–Crippen LogP) is 2.56. The van der Waals surface area contributed by atoms with Crippen LogP contribution in [-0.2, 0) is 4.79 Å². The maximum atomic E-state index is 11.6. The van der Waals surface area contributed by atoms with E-state index in [9.17, 15) is 4.79 Å². The van der Waals surface area contributed by atoms with Gasteiger partial charge in [0.25, 0.3) is 0 Å². The van der Waals surface area contributed by atoms with Crippen LogP contribution in [0, 0.1) is 0 Å². The summed E-state index contributed by atoms with van der Waals surface area (Å²) < 4.78 is 0.747. The second kappa shape index (κ2) is 6.18. The largest absolute Gasteiger partial charge is 0.322 e. The van der Waals surface area contributed by atoms with Crippen LogP contribution in [-0.4, -0.2) is 16.9 Å². The molecule has 1 amide bonds. The third-order valence-electron chi connectivity index (χ3n) is 2.00. The van der Waals surface area contributed by atoms with Crippen molar-refractivity contribution in [3.05, 3.63) is 21.9 Å². The first-order valence-corrected chi connectivity index (χ1v) is 6.09. The summed E-state index contributed by atoms with van der Waals surface area (Å²) in [5, 5.41) is 2.90. The SMILES string of the molecule is CCC[C@H](N)C(=O)Nc1cc(Br)cnc1Cl. The van der Waals surface area contributed by atoms with Gasteiger partial charge in [-0.25, -0.2) is 4.98 Å². The van der Waals surface area contributed by atoms with E-state index in [1.54, 1.807) is 12.3 Å². The molecule has 1 rings (SSSR count). The summed E-state index contributed by atoms with van der Waals surface area (Å²) in [5.41, 5.74) is 6.14. The van der Waals surface area contributed by atoms with Crippen molar-refractivity contribution in [1.29, 1.82) is 0 Å². The molecular weight excluding hydrogens is 293 g/mol. The van der Waals surface area contributed by atoms with Gasteiger partial charge in [0.1, 0.15) is 0 Å². The Morgan fingerprint density at radius 2 is 2.44 bits per heavy atom. The monoisotopic (exact) mass is 305 g/mol. The van der Waals surface area contributed by atoms with Crippen LogP contribution in [0.25, 0.3) is 0 Å². The third kappa shape index (κ3) is 3.73. The fourth-order valence-electron chi connectivity index (χ4n) is 1.18. The minimum absolute atomic E-state index is 0.247.